The van der Waals surface area contributed by atoms with E-state index in [4.69, 9.17) is 4.42 Å². The number of H-pyrrole nitrogens is 1. The first-order valence-corrected chi connectivity index (χ1v) is 8.31. The second kappa shape index (κ2) is 7.11. The Morgan fingerprint density at radius 2 is 1.58 bits per heavy atom. The first kappa shape index (κ1) is 15.9. The van der Waals surface area contributed by atoms with Gasteiger partial charge in [-0.15, -0.1) is 0 Å². The minimum atomic E-state index is -0.256. The Bertz CT molecular complexity index is 937. The van der Waals surface area contributed by atoms with E-state index in [1.807, 2.05) is 66.7 Å². The van der Waals surface area contributed by atoms with Crippen LogP contribution in [0.15, 0.2) is 89.5 Å². The molecule has 0 spiro atoms. The van der Waals surface area contributed by atoms with Gasteiger partial charge in [0.2, 0.25) is 0 Å². The average Bonchev–Trinajstić information content (AvgIpc) is 3.39. The van der Waals surface area contributed by atoms with Gasteiger partial charge in [0.1, 0.15) is 5.69 Å². The van der Waals surface area contributed by atoms with E-state index in [9.17, 15) is 4.79 Å². The molecule has 0 bridgehead atoms. The van der Waals surface area contributed by atoms with Crippen molar-refractivity contribution < 1.29 is 9.21 Å². The molecule has 0 saturated carbocycles. The summed E-state index contributed by atoms with van der Waals surface area (Å²) in [5.41, 5.74) is 2.99. The van der Waals surface area contributed by atoms with Crippen molar-refractivity contribution in [3.63, 3.8) is 0 Å². The number of hydrogen-bond acceptors (Lipinski definition) is 3. The van der Waals surface area contributed by atoms with Crippen molar-refractivity contribution in [2.24, 2.45) is 0 Å². The molecule has 4 rings (SSSR count). The highest BCUT2D eigenvalue weighted by Crippen LogP contribution is 2.23. The maximum absolute atomic E-state index is 12.8. The van der Waals surface area contributed by atoms with Crippen molar-refractivity contribution in [1.82, 2.24) is 15.5 Å². The first-order valence-electron chi connectivity index (χ1n) is 8.31. The summed E-state index contributed by atoms with van der Waals surface area (Å²) in [4.78, 5) is 12.8. The number of carbonyl (C=O) groups is 1. The molecule has 0 fully saturated rings. The van der Waals surface area contributed by atoms with E-state index in [0.717, 1.165) is 11.1 Å². The largest absolute Gasteiger partial charge is 0.463 e. The Kier molecular flexibility index (Phi) is 4.35. The van der Waals surface area contributed by atoms with E-state index in [1.165, 1.54) is 0 Å². The van der Waals surface area contributed by atoms with E-state index in [-0.39, 0.29) is 11.9 Å². The van der Waals surface area contributed by atoms with Crippen LogP contribution in [0.25, 0.3) is 11.5 Å². The van der Waals surface area contributed by atoms with Crippen LogP contribution in [0, 0.1) is 0 Å². The molecule has 4 aromatic rings. The van der Waals surface area contributed by atoms with Crippen molar-refractivity contribution in [3.05, 3.63) is 102 Å². The number of amides is 1. The van der Waals surface area contributed by atoms with Crippen molar-refractivity contribution in [3.8, 4) is 11.5 Å². The van der Waals surface area contributed by atoms with Crippen LogP contribution >= 0.6 is 0 Å². The van der Waals surface area contributed by atoms with Crippen LogP contribution < -0.4 is 5.32 Å². The molecular formula is C21H17N3O2. The average molecular weight is 343 g/mol. The summed E-state index contributed by atoms with van der Waals surface area (Å²) < 4.78 is 5.33. The maximum atomic E-state index is 12.8. The fraction of sp³-hybridized carbons (Fsp3) is 0.0476. The highest BCUT2D eigenvalue weighted by atomic mass is 16.3. The van der Waals surface area contributed by atoms with Crippen LogP contribution in [0.5, 0.6) is 0 Å². The Morgan fingerprint density at radius 1 is 0.923 bits per heavy atom. The van der Waals surface area contributed by atoms with Crippen LogP contribution in [-0.2, 0) is 0 Å². The highest BCUT2D eigenvalue weighted by Gasteiger charge is 2.19. The number of carbonyl (C=O) groups excluding carboxylic acids is 1. The van der Waals surface area contributed by atoms with Crippen LogP contribution in [0.4, 0.5) is 0 Å². The minimum Gasteiger partial charge on any atom is -0.463 e. The van der Waals surface area contributed by atoms with E-state index in [2.05, 4.69) is 15.5 Å². The molecule has 128 valence electrons. The second-order valence-corrected chi connectivity index (χ2v) is 5.87. The molecule has 2 aromatic carbocycles. The van der Waals surface area contributed by atoms with E-state index in [1.54, 1.807) is 18.4 Å². The number of nitrogens with zero attached hydrogens (tertiary/aromatic N) is 1. The van der Waals surface area contributed by atoms with E-state index >= 15 is 0 Å². The number of nitrogens with one attached hydrogen (secondary N) is 2. The van der Waals surface area contributed by atoms with Crippen molar-refractivity contribution in [1.29, 1.82) is 0 Å². The molecule has 26 heavy (non-hydrogen) atoms. The summed E-state index contributed by atoms with van der Waals surface area (Å²) in [6.07, 6.45) is 1.58. The van der Waals surface area contributed by atoms with Gasteiger partial charge in [0, 0.05) is 6.07 Å². The van der Waals surface area contributed by atoms with Gasteiger partial charge in [-0.25, -0.2) is 0 Å². The lowest BCUT2D eigenvalue weighted by molar-refractivity contribution is 0.0938. The van der Waals surface area contributed by atoms with Crippen LogP contribution in [0.1, 0.15) is 27.7 Å². The molecule has 0 aliphatic heterocycles. The summed E-state index contributed by atoms with van der Waals surface area (Å²) in [6, 6.07) is 24.8. The van der Waals surface area contributed by atoms with Gasteiger partial charge in [-0.1, -0.05) is 60.7 Å². The smallest absolute Gasteiger partial charge is 0.272 e. The molecule has 0 atom stereocenters. The molecule has 1 amide bonds. The zero-order valence-corrected chi connectivity index (χ0v) is 13.9. The predicted molar refractivity (Wildman–Crippen MR) is 98.5 cm³/mol. The number of rotatable bonds is 5. The molecule has 2 heterocycles. The topological polar surface area (TPSA) is 70.9 Å². The zero-order valence-electron chi connectivity index (χ0n) is 13.9. The third-order valence-electron chi connectivity index (χ3n) is 4.14. The summed E-state index contributed by atoms with van der Waals surface area (Å²) >= 11 is 0. The van der Waals surface area contributed by atoms with Gasteiger partial charge in [-0.2, -0.15) is 5.10 Å². The van der Waals surface area contributed by atoms with Gasteiger partial charge < -0.3 is 9.73 Å². The summed E-state index contributed by atoms with van der Waals surface area (Å²) in [5, 5.41) is 10.0. The fourth-order valence-electron chi connectivity index (χ4n) is 2.85. The Hall–Kier alpha value is -3.60. The summed E-state index contributed by atoms with van der Waals surface area (Å²) in [7, 11) is 0. The molecule has 0 saturated heterocycles. The minimum absolute atomic E-state index is 0.253. The number of benzene rings is 2. The molecule has 0 aliphatic carbocycles. The van der Waals surface area contributed by atoms with Crippen LogP contribution in [-0.4, -0.2) is 16.1 Å². The summed E-state index contributed by atoms with van der Waals surface area (Å²) in [5.74, 6) is 0.385. The second-order valence-electron chi connectivity index (χ2n) is 5.87. The molecule has 2 N–H and O–H groups in total. The molecule has 0 unspecified atom stereocenters. The normalized spacial score (nSPS) is 10.8. The number of hydrogen-bond donors (Lipinski definition) is 2. The van der Waals surface area contributed by atoms with E-state index in [0.29, 0.717) is 17.1 Å². The molecule has 0 aliphatic rings. The standard InChI is InChI=1S/C21H17N3O2/c25-21(18-14-17(23-24-18)19-12-7-13-26-19)22-20(15-8-3-1-4-9-15)16-10-5-2-6-11-16/h1-14,20H,(H,22,25)(H,23,24). The predicted octanol–water partition coefficient (Wildman–Crippen LogP) is 4.19. The number of furan rings is 1. The van der Waals surface area contributed by atoms with Gasteiger partial charge in [0.25, 0.3) is 5.91 Å². The maximum Gasteiger partial charge on any atom is 0.272 e. The molecule has 5 nitrogen and oxygen atoms in total. The van der Waals surface area contributed by atoms with Crippen LogP contribution in [0.3, 0.4) is 0 Å². The van der Waals surface area contributed by atoms with Crippen molar-refractivity contribution in [2.45, 2.75) is 6.04 Å². The van der Waals surface area contributed by atoms with Gasteiger partial charge >= 0.3 is 0 Å². The highest BCUT2D eigenvalue weighted by molar-refractivity contribution is 5.93. The third kappa shape index (κ3) is 3.28. The Balaban J connectivity index is 1.61. The Morgan fingerprint density at radius 3 is 2.15 bits per heavy atom. The van der Waals surface area contributed by atoms with Gasteiger partial charge in [-0.05, 0) is 23.3 Å². The molecular weight excluding hydrogens is 326 g/mol. The zero-order chi connectivity index (χ0) is 17.8. The van der Waals surface area contributed by atoms with Gasteiger partial charge in [-0.3, -0.25) is 9.89 Å². The van der Waals surface area contributed by atoms with E-state index < -0.39 is 0 Å². The molecule has 2 aromatic heterocycles. The number of aromatic amines is 1. The quantitative estimate of drug-likeness (QED) is 0.571. The summed E-state index contributed by atoms with van der Waals surface area (Å²) in [6.45, 7) is 0. The SMILES string of the molecule is O=C(NC(c1ccccc1)c1ccccc1)c1cc(-c2ccco2)[nH]n1. The fourth-order valence-corrected chi connectivity index (χ4v) is 2.85. The van der Waals surface area contributed by atoms with Crippen molar-refractivity contribution in [2.75, 3.05) is 0 Å². The molecule has 5 heteroatoms. The van der Waals surface area contributed by atoms with Crippen molar-refractivity contribution >= 4 is 5.91 Å². The lowest BCUT2D eigenvalue weighted by atomic mass is 9.98. The lowest BCUT2D eigenvalue weighted by Crippen LogP contribution is -2.29. The molecule has 0 radical (unpaired) electrons. The number of aromatic nitrogens is 2. The van der Waals surface area contributed by atoms with Crippen LogP contribution in [0.2, 0.25) is 0 Å². The lowest BCUT2D eigenvalue weighted by Gasteiger charge is -2.19. The monoisotopic (exact) mass is 343 g/mol. The third-order valence-corrected chi connectivity index (χ3v) is 4.14. The van der Waals surface area contributed by atoms with Gasteiger partial charge in [0.15, 0.2) is 11.5 Å². The first-order chi connectivity index (χ1) is 12.8. The van der Waals surface area contributed by atoms with Gasteiger partial charge in [0.05, 0.1) is 12.3 Å². The Labute approximate surface area is 150 Å².